The molecule has 0 aromatic heterocycles. The van der Waals surface area contributed by atoms with E-state index in [2.05, 4.69) is 4.84 Å². The van der Waals surface area contributed by atoms with Crippen LogP contribution in [0.25, 0.3) is 0 Å². The van der Waals surface area contributed by atoms with Gasteiger partial charge in [-0.25, -0.2) is 4.39 Å². The molecule has 10 heteroatoms. The van der Waals surface area contributed by atoms with Crippen molar-refractivity contribution in [3.8, 4) is 11.5 Å². The van der Waals surface area contributed by atoms with Crippen molar-refractivity contribution in [3.63, 3.8) is 0 Å². The fourth-order valence-corrected chi connectivity index (χ4v) is 4.42. The SMILES string of the molecule is COc1cccc(OCC2CN(C(=O)SCCO[N+](=O)[O-])CC[C@H]2c2ccc(F)cc2)c1. The number of amides is 1. The number of hydrogen-bond acceptors (Lipinski definition) is 7. The van der Waals surface area contributed by atoms with Gasteiger partial charge in [-0.15, -0.1) is 10.1 Å². The number of rotatable bonds is 9. The third-order valence-electron chi connectivity index (χ3n) is 5.30. The summed E-state index contributed by atoms with van der Waals surface area (Å²) in [7, 11) is 1.59. The van der Waals surface area contributed by atoms with Gasteiger partial charge in [-0.3, -0.25) is 4.79 Å². The highest BCUT2D eigenvalue weighted by molar-refractivity contribution is 8.13. The average molecular weight is 465 g/mol. The monoisotopic (exact) mass is 464 g/mol. The van der Waals surface area contributed by atoms with Gasteiger partial charge in [0, 0.05) is 30.8 Å². The van der Waals surface area contributed by atoms with Crippen molar-refractivity contribution in [2.45, 2.75) is 12.3 Å². The first-order chi connectivity index (χ1) is 15.5. The molecule has 1 amide bonds. The predicted octanol–water partition coefficient (Wildman–Crippen LogP) is 4.38. The molecule has 0 spiro atoms. The molecular formula is C22H25FN2O6S. The van der Waals surface area contributed by atoms with E-state index in [-0.39, 0.29) is 35.3 Å². The van der Waals surface area contributed by atoms with Crippen molar-refractivity contribution in [3.05, 3.63) is 70.0 Å². The van der Waals surface area contributed by atoms with Crippen molar-refractivity contribution in [1.82, 2.24) is 4.90 Å². The van der Waals surface area contributed by atoms with Crippen molar-refractivity contribution in [1.29, 1.82) is 0 Å². The zero-order valence-electron chi connectivity index (χ0n) is 17.6. The molecule has 0 N–H and O–H groups in total. The zero-order valence-corrected chi connectivity index (χ0v) is 18.5. The third-order valence-corrected chi connectivity index (χ3v) is 6.18. The molecule has 172 valence electrons. The zero-order chi connectivity index (χ0) is 22.9. The molecule has 1 saturated heterocycles. The molecule has 1 heterocycles. The van der Waals surface area contributed by atoms with Gasteiger partial charge < -0.3 is 19.2 Å². The Kier molecular flexibility index (Phi) is 8.55. The van der Waals surface area contributed by atoms with Crippen LogP contribution < -0.4 is 9.47 Å². The lowest BCUT2D eigenvalue weighted by Gasteiger charge is -2.38. The Labute approximate surface area is 189 Å². The minimum atomic E-state index is -0.870. The van der Waals surface area contributed by atoms with E-state index in [0.717, 1.165) is 17.3 Å². The number of carbonyl (C=O) groups excluding carboxylic acids is 1. The standard InChI is InChI=1S/C22H25FN2O6S/c1-29-19-3-2-4-20(13-19)30-15-17-14-24(22(26)32-12-11-31-25(27)28)10-9-21(17)16-5-7-18(23)8-6-16/h2-8,13,17,21H,9-12,14-15H2,1H3/t17?,21-/m0/s1. The first kappa shape index (κ1) is 23.6. The van der Waals surface area contributed by atoms with E-state index in [4.69, 9.17) is 9.47 Å². The summed E-state index contributed by atoms with van der Waals surface area (Å²) in [6.07, 6.45) is 0.704. The van der Waals surface area contributed by atoms with Gasteiger partial charge in [-0.05, 0) is 42.2 Å². The summed E-state index contributed by atoms with van der Waals surface area (Å²) in [5.41, 5.74) is 1.00. The van der Waals surface area contributed by atoms with Gasteiger partial charge in [0.15, 0.2) is 0 Å². The van der Waals surface area contributed by atoms with Crippen LogP contribution in [0.4, 0.5) is 9.18 Å². The highest BCUT2D eigenvalue weighted by Crippen LogP contribution is 2.35. The molecule has 2 atom stereocenters. The van der Waals surface area contributed by atoms with E-state index in [1.807, 2.05) is 18.2 Å². The lowest BCUT2D eigenvalue weighted by molar-refractivity contribution is -0.756. The van der Waals surface area contributed by atoms with Crippen LogP contribution in [0.15, 0.2) is 48.5 Å². The Morgan fingerprint density at radius 3 is 2.72 bits per heavy atom. The number of hydrogen-bond donors (Lipinski definition) is 0. The van der Waals surface area contributed by atoms with E-state index >= 15 is 0 Å². The Balaban J connectivity index is 1.66. The first-order valence-electron chi connectivity index (χ1n) is 10.2. The van der Waals surface area contributed by atoms with Crippen molar-refractivity contribution < 1.29 is 28.6 Å². The number of carbonyl (C=O) groups is 1. The van der Waals surface area contributed by atoms with Crippen LogP contribution in [0, 0.1) is 21.8 Å². The van der Waals surface area contributed by atoms with Gasteiger partial charge in [-0.2, -0.15) is 0 Å². The van der Waals surface area contributed by atoms with E-state index in [1.165, 1.54) is 12.1 Å². The second kappa shape index (κ2) is 11.6. The van der Waals surface area contributed by atoms with Crippen molar-refractivity contribution in [2.24, 2.45) is 5.92 Å². The maximum absolute atomic E-state index is 13.4. The average Bonchev–Trinajstić information content (AvgIpc) is 2.81. The number of halogens is 1. The number of nitrogens with zero attached hydrogens (tertiary/aromatic N) is 2. The smallest absolute Gasteiger partial charge is 0.294 e. The summed E-state index contributed by atoms with van der Waals surface area (Å²) in [5.74, 6) is 1.35. The van der Waals surface area contributed by atoms with Crippen molar-refractivity contribution >= 4 is 17.0 Å². The summed E-state index contributed by atoms with van der Waals surface area (Å²) in [6, 6.07) is 13.7. The minimum Gasteiger partial charge on any atom is -0.497 e. The lowest BCUT2D eigenvalue weighted by atomic mass is 9.81. The second-order valence-corrected chi connectivity index (χ2v) is 8.36. The molecule has 1 aliphatic rings. The highest BCUT2D eigenvalue weighted by atomic mass is 32.2. The molecule has 0 saturated carbocycles. The Morgan fingerprint density at radius 1 is 1.25 bits per heavy atom. The molecule has 1 aliphatic heterocycles. The maximum atomic E-state index is 13.4. The predicted molar refractivity (Wildman–Crippen MR) is 118 cm³/mol. The molecule has 1 fully saturated rings. The normalized spacial score (nSPS) is 18.1. The minimum absolute atomic E-state index is 0.0139. The Bertz CT molecular complexity index is 914. The summed E-state index contributed by atoms with van der Waals surface area (Å²) in [6.45, 7) is 1.24. The second-order valence-electron chi connectivity index (χ2n) is 7.31. The number of piperidine rings is 1. The molecule has 2 aromatic rings. The van der Waals surface area contributed by atoms with Crippen molar-refractivity contribution in [2.75, 3.05) is 39.2 Å². The summed E-state index contributed by atoms with van der Waals surface area (Å²) < 4.78 is 24.7. The fourth-order valence-electron chi connectivity index (χ4n) is 3.74. The van der Waals surface area contributed by atoms with Gasteiger partial charge in [0.05, 0.1) is 13.7 Å². The van der Waals surface area contributed by atoms with Gasteiger partial charge >= 0.3 is 0 Å². The first-order valence-corrected chi connectivity index (χ1v) is 11.2. The number of likely N-dealkylation sites (tertiary alicyclic amines) is 1. The molecule has 0 bridgehead atoms. The van der Waals surface area contributed by atoms with Crippen LogP contribution in [-0.4, -0.2) is 54.4 Å². The van der Waals surface area contributed by atoms with Gasteiger partial charge in [0.2, 0.25) is 0 Å². The fraction of sp³-hybridized carbons (Fsp3) is 0.409. The van der Waals surface area contributed by atoms with Crippen LogP contribution in [0.5, 0.6) is 11.5 Å². The van der Waals surface area contributed by atoms with Crippen LogP contribution in [0.3, 0.4) is 0 Å². The van der Waals surface area contributed by atoms with Crippen LogP contribution >= 0.6 is 11.8 Å². The molecule has 8 nitrogen and oxygen atoms in total. The Hall–Kier alpha value is -3.01. The van der Waals surface area contributed by atoms with Crippen LogP contribution in [-0.2, 0) is 4.84 Å². The molecular weight excluding hydrogens is 439 g/mol. The van der Waals surface area contributed by atoms with Gasteiger partial charge in [-0.1, -0.05) is 30.0 Å². The summed E-state index contributed by atoms with van der Waals surface area (Å²) in [5, 5.41) is 9.22. The highest BCUT2D eigenvalue weighted by Gasteiger charge is 2.33. The van der Waals surface area contributed by atoms with Gasteiger partial charge in [0.1, 0.15) is 23.9 Å². The van der Waals surface area contributed by atoms with E-state index in [1.54, 1.807) is 30.2 Å². The van der Waals surface area contributed by atoms with Crippen LogP contribution in [0.1, 0.15) is 17.9 Å². The molecule has 2 aromatic carbocycles. The van der Waals surface area contributed by atoms with E-state index in [0.29, 0.717) is 37.6 Å². The number of methoxy groups -OCH3 is 1. The molecule has 1 unspecified atom stereocenters. The van der Waals surface area contributed by atoms with E-state index in [9.17, 15) is 19.3 Å². The lowest BCUT2D eigenvalue weighted by Crippen LogP contribution is -2.43. The quantitative estimate of drug-likeness (QED) is 0.309. The molecule has 32 heavy (non-hydrogen) atoms. The van der Waals surface area contributed by atoms with E-state index < -0.39 is 5.09 Å². The summed E-state index contributed by atoms with van der Waals surface area (Å²) in [4.78, 5) is 28.8. The number of ether oxygens (including phenoxy) is 2. The maximum Gasteiger partial charge on any atom is 0.294 e. The molecule has 3 rings (SSSR count). The number of thioether (sulfide) groups is 1. The van der Waals surface area contributed by atoms with Gasteiger partial charge in [0.25, 0.3) is 10.3 Å². The molecule has 0 aliphatic carbocycles. The third kappa shape index (κ3) is 6.74. The topological polar surface area (TPSA) is 91.1 Å². The largest absolute Gasteiger partial charge is 0.497 e. The summed E-state index contributed by atoms with van der Waals surface area (Å²) >= 11 is 0.996. The van der Waals surface area contributed by atoms with Crippen LogP contribution in [0.2, 0.25) is 0 Å². The Morgan fingerprint density at radius 2 is 2.00 bits per heavy atom. The number of benzene rings is 2. The molecule has 0 radical (unpaired) electrons.